The van der Waals surface area contributed by atoms with Crippen molar-refractivity contribution in [3.63, 3.8) is 0 Å². The molecule has 1 aliphatic heterocycles. The molecule has 2 atom stereocenters. The van der Waals surface area contributed by atoms with Gasteiger partial charge >= 0.3 is 0 Å². The Bertz CT molecular complexity index is 295. The maximum atomic E-state index is 9.10. The fraction of sp³-hybridized carbons (Fsp3) is 0.929. The van der Waals surface area contributed by atoms with Gasteiger partial charge < -0.3 is 9.80 Å². The lowest BCUT2D eigenvalue weighted by molar-refractivity contribution is 0.265. The number of rotatable bonds is 7. The first-order valence-corrected chi connectivity index (χ1v) is 7.20. The Kier molecular flexibility index (Phi) is 4.99. The Morgan fingerprint density at radius 3 is 2.78 bits per heavy atom. The van der Waals surface area contributed by atoms with Crippen LogP contribution < -0.4 is 5.32 Å². The van der Waals surface area contributed by atoms with Crippen LogP contribution in [-0.4, -0.2) is 62.2 Å². The van der Waals surface area contributed by atoms with Crippen molar-refractivity contribution >= 4 is 0 Å². The maximum Gasteiger partial charge on any atom is 0.0967 e. The first-order chi connectivity index (χ1) is 8.67. The van der Waals surface area contributed by atoms with Gasteiger partial charge in [-0.25, -0.2) is 0 Å². The fourth-order valence-corrected chi connectivity index (χ4v) is 2.78. The number of likely N-dealkylation sites (tertiary alicyclic amines) is 1. The third kappa shape index (κ3) is 4.56. The number of hydrogen-bond acceptors (Lipinski definition) is 4. The fourth-order valence-electron chi connectivity index (χ4n) is 2.78. The summed E-state index contributed by atoms with van der Waals surface area (Å²) >= 11 is 0. The molecule has 1 N–H and O–H groups in total. The first-order valence-electron chi connectivity index (χ1n) is 7.20. The average Bonchev–Trinajstić information content (AvgIpc) is 3.07. The molecule has 102 valence electrons. The van der Waals surface area contributed by atoms with E-state index in [1.165, 1.54) is 38.9 Å². The second-order valence-electron chi connectivity index (χ2n) is 6.09. The number of nitrogens with zero attached hydrogens (tertiary/aromatic N) is 3. The van der Waals surface area contributed by atoms with Gasteiger partial charge in [-0.2, -0.15) is 5.26 Å². The predicted octanol–water partition coefficient (Wildman–Crippen LogP) is 0.904. The highest BCUT2D eigenvalue weighted by Crippen LogP contribution is 2.20. The minimum Gasteiger partial charge on any atom is -0.306 e. The summed E-state index contributed by atoms with van der Waals surface area (Å²) in [5, 5.41) is 12.5. The topological polar surface area (TPSA) is 42.3 Å². The molecule has 4 nitrogen and oxygen atoms in total. The predicted molar refractivity (Wildman–Crippen MR) is 73.3 cm³/mol. The van der Waals surface area contributed by atoms with Crippen LogP contribution in [0.15, 0.2) is 0 Å². The molecule has 2 aliphatic rings. The summed E-state index contributed by atoms with van der Waals surface area (Å²) in [6.07, 6.45) is 4.78. The quantitative estimate of drug-likeness (QED) is 0.729. The summed E-state index contributed by atoms with van der Waals surface area (Å²) in [6.45, 7) is 4.67. The van der Waals surface area contributed by atoms with E-state index < -0.39 is 0 Å². The summed E-state index contributed by atoms with van der Waals surface area (Å²) in [7, 11) is 4.38. The first kappa shape index (κ1) is 13.8. The van der Waals surface area contributed by atoms with Gasteiger partial charge in [0.1, 0.15) is 0 Å². The van der Waals surface area contributed by atoms with Crippen LogP contribution in [0.2, 0.25) is 0 Å². The molecule has 1 saturated heterocycles. The van der Waals surface area contributed by atoms with Gasteiger partial charge in [-0.1, -0.05) is 0 Å². The molecule has 1 aliphatic carbocycles. The molecule has 0 amide bonds. The molecule has 2 rings (SSSR count). The van der Waals surface area contributed by atoms with Crippen molar-refractivity contribution in [2.75, 3.05) is 40.3 Å². The summed E-state index contributed by atoms with van der Waals surface area (Å²) in [6, 6.07) is 3.06. The minimum atomic E-state index is 0.0474. The molecule has 0 spiro atoms. The molecule has 4 heteroatoms. The van der Waals surface area contributed by atoms with E-state index in [0.717, 1.165) is 18.9 Å². The van der Waals surface area contributed by atoms with Gasteiger partial charge in [0.25, 0.3) is 0 Å². The highest BCUT2D eigenvalue weighted by atomic mass is 15.1. The summed E-state index contributed by atoms with van der Waals surface area (Å²) in [4.78, 5) is 4.80. The van der Waals surface area contributed by atoms with Crippen molar-refractivity contribution in [1.29, 1.82) is 5.26 Å². The molecule has 0 aromatic heterocycles. The molecule has 0 aromatic rings. The minimum absolute atomic E-state index is 0.0474. The van der Waals surface area contributed by atoms with E-state index in [2.05, 4.69) is 35.3 Å². The van der Waals surface area contributed by atoms with Gasteiger partial charge in [-0.3, -0.25) is 5.32 Å². The molecule has 2 unspecified atom stereocenters. The number of nitriles is 1. The van der Waals surface area contributed by atoms with Crippen molar-refractivity contribution in [2.45, 2.75) is 37.8 Å². The third-order valence-electron chi connectivity index (χ3n) is 4.03. The van der Waals surface area contributed by atoms with E-state index in [1.54, 1.807) is 0 Å². The monoisotopic (exact) mass is 250 g/mol. The molecule has 2 fully saturated rings. The number of hydrogen-bond donors (Lipinski definition) is 1. The molecule has 18 heavy (non-hydrogen) atoms. The van der Waals surface area contributed by atoms with Gasteiger partial charge in [0.15, 0.2) is 0 Å². The van der Waals surface area contributed by atoms with Crippen LogP contribution in [0, 0.1) is 17.2 Å². The van der Waals surface area contributed by atoms with Gasteiger partial charge in [-0.05, 0) is 52.2 Å². The zero-order valence-corrected chi connectivity index (χ0v) is 11.7. The van der Waals surface area contributed by atoms with Gasteiger partial charge in [0, 0.05) is 25.7 Å². The smallest absolute Gasteiger partial charge is 0.0967 e. The molecular formula is C14H26N4. The third-order valence-corrected chi connectivity index (χ3v) is 4.03. The molecule has 0 radical (unpaired) electrons. The van der Waals surface area contributed by atoms with E-state index in [-0.39, 0.29) is 6.04 Å². The molecule has 0 aromatic carbocycles. The lowest BCUT2D eigenvalue weighted by Crippen LogP contribution is -2.35. The highest BCUT2D eigenvalue weighted by Gasteiger charge is 2.25. The largest absolute Gasteiger partial charge is 0.306 e. The molecule has 0 bridgehead atoms. The Labute approximate surface area is 111 Å². The Balaban J connectivity index is 1.61. The molecular weight excluding hydrogens is 224 g/mol. The van der Waals surface area contributed by atoms with Gasteiger partial charge in [-0.15, -0.1) is 0 Å². The lowest BCUT2D eigenvalue weighted by Gasteiger charge is -2.22. The van der Waals surface area contributed by atoms with Crippen LogP contribution in [-0.2, 0) is 0 Å². The van der Waals surface area contributed by atoms with Crippen LogP contribution in [0.1, 0.15) is 25.7 Å². The van der Waals surface area contributed by atoms with E-state index in [0.29, 0.717) is 6.04 Å². The maximum absolute atomic E-state index is 9.10. The van der Waals surface area contributed by atoms with Crippen LogP contribution in [0.4, 0.5) is 0 Å². The normalized spacial score (nSPS) is 26.4. The van der Waals surface area contributed by atoms with Gasteiger partial charge in [0.2, 0.25) is 0 Å². The van der Waals surface area contributed by atoms with E-state index in [1.807, 2.05) is 0 Å². The van der Waals surface area contributed by atoms with Crippen LogP contribution >= 0.6 is 0 Å². The Morgan fingerprint density at radius 1 is 1.44 bits per heavy atom. The van der Waals surface area contributed by atoms with Crippen molar-refractivity contribution in [3.05, 3.63) is 0 Å². The van der Waals surface area contributed by atoms with Crippen molar-refractivity contribution in [3.8, 4) is 6.07 Å². The summed E-state index contributed by atoms with van der Waals surface area (Å²) < 4.78 is 0. The summed E-state index contributed by atoms with van der Waals surface area (Å²) in [5.41, 5.74) is 0. The zero-order valence-electron chi connectivity index (χ0n) is 11.7. The van der Waals surface area contributed by atoms with Crippen LogP contribution in [0.5, 0.6) is 0 Å². The van der Waals surface area contributed by atoms with Crippen molar-refractivity contribution in [1.82, 2.24) is 15.1 Å². The lowest BCUT2D eigenvalue weighted by atomic mass is 10.1. The standard InChI is InChI=1S/C14H26N4/c1-17-7-5-12(10-17)11-18(2)8-6-14(9-15)16-13-3-4-13/h12-14,16H,3-8,10-11H2,1-2H3. The highest BCUT2D eigenvalue weighted by molar-refractivity contribution is 4.96. The second-order valence-corrected chi connectivity index (χ2v) is 6.09. The van der Waals surface area contributed by atoms with Crippen molar-refractivity contribution < 1.29 is 0 Å². The molecule has 1 saturated carbocycles. The Morgan fingerprint density at radius 2 is 2.22 bits per heavy atom. The van der Waals surface area contributed by atoms with E-state index >= 15 is 0 Å². The van der Waals surface area contributed by atoms with Crippen molar-refractivity contribution in [2.24, 2.45) is 5.92 Å². The number of nitrogens with one attached hydrogen (secondary N) is 1. The van der Waals surface area contributed by atoms with Gasteiger partial charge in [0.05, 0.1) is 12.1 Å². The molecule has 1 heterocycles. The second kappa shape index (κ2) is 6.51. The Hall–Kier alpha value is -0.630. The van der Waals surface area contributed by atoms with Crippen LogP contribution in [0.3, 0.4) is 0 Å². The van der Waals surface area contributed by atoms with E-state index in [9.17, 15) is 0 Å². The SMILES string of the molecule is CN1CCC(CN(C)CCC(C#N)NC2CC2)C1. The van der Waals surface area contributed by atoms with E-state index in [4.69, 9.17) is 5.26 Å². The zero-order chi connectivity index (χ0) is 13.0. The average molecular weight is 250 g/mol. The summed E-state index contributed by atoms with van der Waals surface area (Å²) in [5.74, 6) is 0.817. The van der Waals surface area contributed by atoms with Crippen LogP contribution in [0.25, 0.3) is 0 Å².